The first kappa shape index (κ1) is 21.0. The lowest BCUT2D eigenvalue weighted by Crippen LogP contribution is -2.45. The minimum Gasteiger partial charge on any atom is -0.394 e. The molecule has 0 saturated heterocycles. The van der Waals surface area contributed by atoms with Crippen molar-refractivity contribution in [2.75, 3.05) is 59.0 Å². The van der Waals surface area contributed by atoms with Gasteiger partial charge in [-0.2, -0.15) is 0 Å². The summed E-state index contributed by atoms with van der Waals surface area (Å²) in [6, 6.07) is 0. The molecule has 0 fully saturated rings. The molecule has 0 amide bonds. The summed E-state index contributed by atoms with van der Waals surface area (Å²) in [5.74, 6) is 0. The van der Waals surface area contributed by atoms with Crippen LogP contribution in [0.25, 0.3) is 0 Å². The van der Waals surface area contributed by atoms with E-state index in [1.54, 1.807) is 0 Å². The molecular formula is C12H34N6O. The summed E-state index contributed by atoms with van der Waals surface area (Å²) < 4.78 is 0. The summed E-state index contributed by atoms with van der Waals surface area (Å²) in [6.45, 7) is 10.5. The summed E-state index contributed by atoms with van der Waals surface area (Å²) in [5, 5.41) is 18.3. The van der Waals surface area contributed by atoms with E-state index in [0.717, 1.165) is 32.7 Å². The molecule has 0 aliphatic rings. The van der Waals surface area contributed by atoms with Gasteiger partial charge in [0.1, 0.15) is 0 Å². The van der Waals surface area contributed by atoms with E-state index in [-0.39, 0.29) is 12.1 Å². The van der Waals surface area contributed by atoms with Crippen molar-refractivity contribution in [2.24, 2.45) is 17.2 Å². The van der Waals surface area contributed by atoms with E-state index >= 15 is 0 Å². The molecule has 7 nitrogen and oxygen atoms in total. The molecule has 19 heavy (non-hydrogen) atoms. The Labute approximate surface area is 117 Å². The average molecular weight is 278 g/mol. The molecule has 0 aliphatic carbocycles. The molecule has 0 unspecified atom stereocenters. The van der Waals surface area contributed by atoms with Gasteiger partial charge in [0.25, 0.3) is 0 Å². The topological polar surface area (TPSA) is 134 Å². The third-order valence-electron chi connectivity index (χ3n) is 2.26. The third kappa shape index (κ3) is 20.2. The minimum absolute atomic E-state index is 0.157. The zero-order valence-corrected chi connectivity index (χ0v) is 12.5. The fraction of sp³-hybridized carbons (Fsp3) is 1.00. The molecule has 0 aromatic heterocycles. The van der Waals surface area contributed by atoms with E-state index in [1.807, 2.05) is 13.8 Å². The monoisotopic (exact) mass is 278 g/mol. The molecule has 0 bridgehead atoms. The molecule has 0 radical (unpaired) electrons. The van der Waals surface area contributed by atoms with Crippen molar-refractivity contribution in [1.29, 1.82) is 0 Å². The maximum atomic E-state index is 8.89. The van der Waals surface area contributed by atoms with Gasteiger partial charge in [-0.15, -0.1) is 0 Å². The van der Waals surface area contributed by atoms with Crippen LogP contribution in [-0.4, -0.2) is 69.6 Å². The third-order valence-corrected chi connectivity index (χ3v) is 2.26. The number of nitrogens with one attached hydrogen (secondary N) is 3. The summed E-state index contributed by atoms with van der Waals surface area (Å²) in [4.78, 5) is 0. The summed E-state index contributed by atoms with van der Waals surface area (Å²) >= 11 is 0. The lowest BCUT2D eigenvalue weighted by Gasteiger charge is -2.23. The highest BCUT2D eigenvalue weighted by Gasteiger charge is 2.13. The van der Waals surface area contributed by atoms with Gasteiger partial charge in [-0.1, -0.05) is 0 Å². The number of hydrogen-bond donors (Lipinski definition) is 7. The SMILES string of the molecule is CC(C)(CO)NCCNCCN.NCCNCCN. The van der Waals surface area contributed by atoms with Gasteiger partial charge in [0.05, 0.1) is 6.61 Å². The van der Waals surface area contributed by atoms with Crippen molar-refractivity contribution in [1.82, 2.24) is 16.0 Å². The quantitative estimate of drug-likeness (QED) is 0.206. The molecule has 0 saturated carbocycles. The molecular weight excluding hydrogens is 244 g/mol. The normalized spacial score (nSPS) is 11.1. The largest absolute Gasteiger partial charge is 0.394 e. The average Bonchev–Trinajstić information content (AvgIpc) is 2.40. The molecule has 0 heterocycles. The lowest BCUT2D eigenvalue weighted by molar-refractivity contribution is 0.189. The van der Waals surface area contributed by atoms with Crippen molar-refractivity contribution in [2.45, 2.75) is 19.4 Å². The van der Waals surface area contributed by atoms with Gasteiger partial charge >= 0.3 is 0 Å². The fourth-order valence-electron chi connectivity index (χ4n) is 1.10. The second kappa shape index (κ2) is 15.8. The molecule has 0 aromatic rings. The van der Waals surface area contributed by atoms with E-state index < -0.39 is 0 Å². The predicted octanol–water partition coefficient (Wildman–Crippen LogP) is -2.61. The van der Waals surface area contributed by atoms with Crippen LogP contribution in [0.4, 0.5) is 0 Å². The fourth-order valence-corrected chi connectivity index (χ4v) is 1.10. The summed E-state index contributed by atoms with van der Waals surface area (Å²) in [7, 11) is 0. The molecule has 118 valence electrons. The Hall–Kier alpha value is -0.280. The smallest absolute Gasteiger partial charge is 0.0607 e. The maximum absolute atomic E-state index is 8.89. The van der Waals surface area contributed by atoms with Crippen molar-refractivity contribution in [3.8, 4) is 0 Å². The van der Waals surface area contributed by atoms with Gasteiger partial charge in [-0.25, -0.2) is 0 Å². The van der Waals surface area contributed by atoms with Crippen LogP contribution in [0.3, 0.4) is 0 Å². The Morgan fingerprint density at radius 1 is 0.789 bits per heavy atom. The Bertz CT molecular complexity index is 164. The maximum Gasteiger partial charge on any atom is 0.0607 e. The Morgan fingerprint density at radius 3 is 1.58 bits per heavy atom. The molecule has 0 aromatic carbocycles. The first-order valence-electron chi connectivity index (χ1n) is 6.91. The van der Waals surface area contributed by atoms with Gasteiger partial charge in [-0.3, -0.25) is 0 Å². The summed E-state index contributed by atoms with van der Waals surface area (Å²) in [6.07, 6.45) is 0. The molecule has 0 rings (SSSR count). The van der Waals surface area contributed by atoms with Crippen LogP contribution in [0.1, 0.15) is 13.8 Å². The molecule has 10 N–H and O–H groups in total. The van der Waals surface area contributed by atoms with Crippen molar-refractivity contribution < 1.29 is 5.11 Å². The van der Waals surface area contributed by atoms with E-state index in [9.17, 15) is 0 Å². The highest BCUT2D eigenvalue weighted by atomic mass is 16.3. The highest BCUT2D eigenvalue weighted by molar-refractivity contribution is 4.75. The van der Waals surface area contributed by atoms with Crippen LogP contribution < -0.4 is 33.2 Å². The van der Waals surface area contributed by atoms with Crippen molar-refractivity contribution >= 4 is 0 Å². The number of aliphatic hydroxyl groups excluding tert-OH is 1. The molecule has 0 aliphatic heterocycles. The zero-order chi connectivity index (χ0) is 15.0. The van der Waals surface area contributed by atoms with Crippen LogP contribution in [0.2, 0.25) is 0 Å². The number of nitrogens with two attached hydrogens (primary N) is 3. The Morgan fingerprint density at radius 2 is 1.21 bits per heavy atom. The van der Waals surface area contributed by atoms with Crippen LogP contribution in [0.15, 0.2) is 0 Å². The van der Waals surface area contributed by atoms with Crippen molar-refractivity contribution in [3.63, 3.8) is 0 Å². The highest BCUT2D eigenvalue weighted by Crippen LogP contribution is 1.97. The first-order chi connectivity index (χ1) is 9.04. The van der Waals surface area contributed by atoms with Crippen molar-refractivity contribution in [3.05, 3.63) is 0 Å². The van der Waals surface area contributed by atoms with E-state index in [4.69, 9.17) is 22.3 Å². The van der Waals surface area contributed by atoms with Gasteiger partial charge in [0.15, 0.2) is 0 Å². The van der Waals surface area contributed by atoms with Crippen LogP contribution in [0.5, 0.6) is 0 Å². The first-order valence-corrected chi connectivity index (χ1v) is 6.91. The molecule has 0 atom stereocenters. The lowest BCUT2D eigenvalue weighted by atomic mass is 10.1. The van der Waals surface area contributed by atoms with Crippen LogP contribution >= 0.6 is 0 Å². The van der Waals surface area contributed by atoms with Crippen LogP contribution in [0, 0.1) is 0 Å². The standard InChI is InChI=1S/C8H21N3O.C4H13N3/c1-8(2,7-12)11-6-5-10-4-3-9;5-1-3-7-4-2-6/h10-12H,3-7,9H2,1-2H3;7H,1-6H2. The zero-order valence-electron chi connectivity index (χ0n) is 12.5. The van der Waals surface area contributed by atoms with E-state index in [1.165, 1.54) is 0 Å². The van der Waals surface area contributed by atoms with Gasteiger partial charge in [-0.05, 0) is 13.8 Å². The van der Waals surface area contributed by atoms with Gasteiger partial charge < -0.3 is 38.3 Å². The van der Waals surface area contributed by atoms with Gasteiger partial charge in [0.2, 0.25) is 0 Å². The van der Waals surface area contributed by atoms with E-state index in [0.29, 0.717) is 19.6 Å². The van der Waals surface area contributed by atoms with E-state index in [2.05, 4.69) is 16.0 Å². The number of rotatable bonds is 11. The molecule has 7 heteroatoms. The number of hydrogen-bond acceptors (Lipinski definition) is 7. The van der Waals surface area contributed by atoms with Gasteiger partial charge in [0, 0.05) is 57.9 Å². The predicted molar refractivity (Wildman–Crippen MR) is 82.1 cm³/mol. The Balaban J connectivity index is 0. The second-order valence-electron chi connectivity index (χ2n) is 4.83. The second-order valence-corrected chi connectivity index (χ2v) is 4.83. The Kier molecular flexibility index (Phi) is 17.5. The molecule has 0 spiro atoms. The minimum atomic E-state index is -0.176. The number of aliphatic hydroxyl groups is 1. The summed E-state index contributed by atoms with van der Waals surface area (Å²) in [5.41, 5.74) is 15.5. The van der Waals surface area contributed by atoms with Crippen LogP contribution in [-0.2, 0) is 0 Å².